The highest BCUT2D eigenvalue weighted by Crippen LogP contribution is 2.29. The summed E-state index contributed by atoms with van der Waals surface area (Å²) in [6.45, 7) is 0.915. The lowest BCUT2D eigenvalue weighted by molar-refractivity contribution is -0.140. The highest BCUT2D eigenvalue weighted by molar-refractivity contribution is 5.95. The van der Waals surface area contributed by atoms with E-state index < -0.39 is 18.6 Å². The number of amides is 1. The molecule has 1 amide bonds. The number of hydrogen-bond donors (Lipinski definition) is 1. The van der Waals surface area contributed by atoms with Gasteiger partial charge in [0.15, 0.2) is 11.5 Å². The highest BCUT2D eigenvalue weighted by atomic mass is 19.4. The summed E-state index contributed by atoms with van der Waals surface area (Å²) >= 11 is 0. The SMILES string of the molecule is CCN(CC(F)(F)F)C(=O)c1ccc(OC)c(OCCCN)c1. The average Bonchev–Trinajstić information content (AvgIpc) is 2.51. The first-order valence-corrected chi connectivity index (χ1v) is 7.19. The average molecular weight is 334 g/mol. The fraction of sp³-hybridized carbons (Fsp3) is 0.533. The van der Waals surface area contributed by atoms with Gasteiger partial charge < -0.3 is 20.1 Å². The first-order chi connectivity index (χ1) is 10.8. The van der Waals surface area contributed by atoms with Crippen LogP contribution in [0.4, 0.5) is 13.2 Å². The van der Waals surface area contributed by atoms with Crippen molar-refractivity contribution in [1.29, 1.82) is 0 Å². The fourth-order valence-electron chi connectivity index (χ4n) is 1.91. The maximum Gasteiger partial charge on any atom is 0.406 e. The second-order valence-corrected chi connectivity index (χ2v) is 4.79. The van der Waals surface area contributed by atoms with Crippen molar-refractivity contribution in [3.8, 4) is 11.5 Å². The Hall–Kier alpha value is -1.96. The number of methoxy groups -OCH3 is 1. The van der Waals surface area contributed by atoms with E-state index in [1.807, 2.05) is 0 Å². The van der Waals surface area contributed by atoms with Crippen LogP contribution in [0.3, 0.4) is 0 Å². The molecule has 8 heteroatoms. The van der Waals surface area contributed by atoms with Gasteiger partial charge in [0, 0.05) is 12.1 Å². The molecular weight excluding hydrogens is 313 g/mol. The zero-order valence-electron chi connectivity index (χ0n) is 13.2. The predicted molar refractivity (Wildman–Crippen MR) is 79.8 cm³/mol. The molecule has 0 unspecified atom stereocenters. The topological polar surface area (TPSA) is 64.8 Å². The predicted octanol–water partition coefficient (Wildman–Crippen LogP) is 2.45. The molecule has 0 aromatic heterocycles. The molecule has 23 heavy (non-hydrogen) atoms. The van der Waals surface area contributed by atoms with Crippen molar-refractivity contribution in [1.82, 2.24) is 4.90 Å². The third-order valence-corrected chi connectivity index (χ3v) is 3.06. The monoisotopic (exact) mass is 334 g/mol. The van der Waals surface area contributed by atoms with Gasteiger partial charge in [-0.1, -0.05) is 0 Å². The molecule has 0 saturated carbocycles. The van der Waals surface area contributed by atoms with Gasteiger partial charge in [0.25, 0.3) is 5.91 Å². The van der Waals surface area contributed by atoms with Crippen LogP contribution in [0.2, 0.25) is 0 Å². The highest BCUT2D eigenvalue weighted by Gasteiger charge is 2.32. The van der Waals surface area contributed by atoms with Gasteiger partial charge >= 0.3 is 6.18 Å². The Labute approximate surface area is 133 Å². The molecular formula is C15H21F3N2O3. The molecule has 1 aromatic rings. The van der Waals surface area contributed by atoms with Gasteiger partial charge in [0.05, 0.1) is 13.7 Å². The summed E-state index contributed by atoms with van der Waals surface area (Å²) in [6, 6.07) is 4.29. The molecule has 130 valence electrons. The van der Waals surface area contributed by atoms with Crippen LogP contribution >= 0.6 is 0 Å². The van der Waals surface area contributed by atoms with Crippen LogP contribution in [0.1, 0.15) is 23.7 Å². The van der Waals surface area contributed by atoms with Crippen molar-refractivity contribution in [3.05, 3.63) is 23.8 Å². The molecule has 0 aliphatic rings. The normalized spacial score (nSPS) is 11.2. The number of hydrogen-bond acceptors (Lipinski definition) is 4. The van der Waals surface area contributed by atoms with E-state index >= 15 is 0 Å². The van der Waals surface area contributed by atoms with E-state index in [1.54, 1.807) is 0 Å². The summed E-state index contributed by atoms with van der Waals surface area (Å²) in [5.41, 5.74) is 5.49. The van der Waals surface area contributed by atoms with Crippen LogP contribution in [0.5, 0.6) is 11.5 Å². The van der Waals surface area contributed by atoms with Crippen molar-refractivity contribution in [3.63, 3.8) is 0 Å². The van der Waals surface area contributed by atoms with Crippen LogP contribution in [-0.4, -0.2) is 50.3 Å². The number of nitrogens with two attached hydrogens (primary N) is 1. The molecule has 0 aliphatic heterocycles. The van der Waals surface area contributed by atoms with Crippen molar-refractivity contribution < 1.29 is 27.4 Å². The van der Waals surface area contributed by atoms with E-state index in [-0.39, 0.29) is 12.1 Å². The minimum absolute atomic E-state index is 0.0479. The summed E-state index contributed by atoms with van der Waals surface area (Å²) in [6.07, 6.45) is -3.84. The quantitative estimate of drug-likeness (QED) is 0.742. The minimum Gasteiger partial charge on any atom is -0.493 e. The molecule has 0 heterocycles. The molecule has 0 bridgehead atoms. The first kappa shape index (κ1) is 19.1. The van der Waals surface area contributed by atoms with Gasteiger partial charge in [-0.3, -0.25) is 4.79 Å². The van der Waals surface area contributed by atoms with Gasteiger partial charge in [-0.05, 0) is 38.1 Å². The van der Waals surface area contributed by atoms with Crippen molar-refractivity contribution in [2.45, 2.75) is 19.5 Å². The van der Waals surface area contributed by atoms with E-state index in [1.165, 1.54) is 32.2 Å². The molecule has 1 rings (SSSR count). The number of ether oxygens (including phenoxy) is 2. The lowest BCUT2D eigenvalue weighted by Crippen LogP contribution is -2.38. The molecule has 0 saturated heterocycles. The summed E-state index contributed by atoms with van der Waals surface area (Å²) in [5.74, 6) is -0.0107. The Kier molecular flexibility index (Phi) is 7.15. The fourth-order valence-corrected chi connectivity index (χ4v) is 1.91. The second-order valence-electron chi connectivity index (χ2n) is 4.79. The lowest BCUT2D eigenvalue weighted by Gasteiger charge is -2.22. The van der Waals surface area contributed by atoms with Crippen molar-refractivity contribution in [2.75, 3.05) is 33.4 Å². The summed E-state index contributed by atoms with van der Waals surface area (Å²) in [7, 11) is 1.44. The molecule has 0 spiro atoms. The summed E-state index contributed by atoms with van der Waals surface area (Å²) in [4.78, 5) is 13.0. The van der Waals surface area contributed by atoms with E-state index in [9.17, 15) is 18.0 Å². The number of nitrogens with zero attached hydrogens (tertiary/aromatic N) is 1. The third kappa shape index (κ3) is 5.97. The Morgan fingerprint density at radius 1 is 1.30 bits per heavy atom. The van der Waals surface area contributed by atoms with Crippen LogP contribution in [0, 0.1) is 0 Å². The van der Waals surface area contributed by atoms with Crippen LogP contribution in [-0.2, 0) is 0 Å². The zero-order chi connectivity index (χ0) is 17.5. The van der Waals surface area contributed by atoms with Gasteiger partial charge in [-0.2, -0.15) is 13.2 Å². The molecule has 5 nitrogen and oxygen atoms in total. The molecule has 0 atom stereocenters. The molecule has 0 fully saturated rings. The largest absolute Gasteiger partial charge is 0.493 e. The molecule has 1 aromatic carbocycles. The Balaban J connectivity index is 2.97. The minimum atomic E-state index is -4.45. The molecule has 0 aliphatic carbocycles. The van der Waals surface area contributed by atoms with Gasteiger partial charge in [-0.15, -0.1) is 0 Å². The van der Waals surface area contributed by atoms with Gasteiger partial charge in [-0.25, -0.2) is 0 Å². The van der Waals surface area contributed by atoms with E-state index in [2.05, 4.69) is 0 Å². The smallest absolute Gasteiger partial charge is 0.406 e. The van der Waals surface area contributed by atoms with E-state index in [4.69, 9.17) is 15.2 Å². The Bertz CT molecular complexity index is 521. The molecule has 0 radical (unpaired) electrons. The first-order valence-electron chi connectivity index (χ1n) is 7.19. The van der Waals surface area contributed by atoms with Gasteiger partial charge in [0.2, 0.25) is 0 Å². The maximum atomic E-state index is 12.5. The van der Waals surface area contributed by atoms with Crippen LogP contribution < -0.4 is 15.2 Å². The van der Waals surface area contributed by atoms with Crippen LogP contribution in [0.15, 0.2) is 18.2 Å². The zero-order valence-corrected chi connectivity index (χ0v) is 13.2. The second kappa shape index (κ2) is 8.61. The molecule has 2 N–H and O–H groups in total. The maximum absolute atomic E-state index is 12.5. The number of carbonyl (C=O) groups excluding carboxylic acids is 1. The Morgan fingerprint density at radius 2 is 2.00 bits per heavy atom. The van der Waals surface area contributed by atoms with Crippen molar-refractivity contribution in [2.24, 2.45) is 5.73 Å². The Morgan fingerprint density at radius 3 is 2.52 bits per heavy atom. The van der Waals surface area contributed by atoms with E-state index in [0.717, 1.165) is 4.90 Å². The number of halogens is 3. The summed E-state index contributed by atoms with van der Waals surface area (Å²) in [5, 5.41) is 0. The third-order valence-electron chi connectivity index (χ3n) is 3.06. The summed E-state index contributed by atoms with van der Waals surface area (Å²) < 4.78 is 48.2. The number of alkyl halides is 3. The number of rotatable bonds is 8. The van der Waals surface area contributed by atoms with Crippen molar-refractivity contribution >= 4 is 5.91 Å². The van der Waals surface area contributed by atoms with Crippen LogP contribution in [0.25, 0.3) is 0 Å². The van der Waals surface area contributed by atoms with Gasteiger partial charge in [0.1, 0.15) is 6.54 Å². The lowest BCUT2D eigenvalue weighted by atomic mass is 10.1. The number of benzene rings is 1. The van der Waals surface area contributed by atoms with E-state index in [0.29, 0.717) is 31.1 Å². The number of carbonyl (C=O) groups is 1. The standard InChI is InChI=1S/C15H21F3N2O3/c1-3-20(10-15(16,17)18)14(21)11-5-6-12(22-2)13(9-11)23-8-4-7-19/h5-6,9H,3-4,7-8,10,19H2,1-2H3.